The molecule has 76 heavy (non-hydrogen) atoms. The molecule has 0 aromatic heterocycles. The van der Waals surface area contributed by atoms with Gasteiger partial charge in [-0.1, -0.05) is 132 Å². The second kappa shape index (κ2) is 59.2. The van der Waals surface area contributed by atoms with Crippen LogP contribution in [0, 0.1) is 13.8 Å². The van der Waals surface area contributed by atoms with Crippen LogP contribution < -0.4 is 236 Å². The smallest absolute Gasteiger partial charge is 1.00 e. The molecule has 0 amide bonds. The molecule has 3 rings (SSSR count). The number of carboxylic acid groups (broad SMARTS) is 1. The van der Waals surface area contributed by atoms with Gasteiger partial charge in [0, 0.05) is 18.7 Å². The van der Waals surface area contributed by atoms with Gasteiger partial charge in [-0.3, -0.25) is 42.4 Å². The summed E-state index contributed by atoms with van der Waals surface area (Å²) in [4.78, 5) is 74.4. The van der Waals surface area contributed by atoms with E-state index >= 15 is 0 Å². The topological polar surface area (TPSA) is 340 Å². The molecule has 0 aliphatic rings. The number of esters is 4. The minimum Gasteiger partial charge on any atom is -1.00 e. The normalized spacial score (nSPS) is 9.58. The molecule has 0 aliphatic heterocycles. The van der Waals surface area contributed by atoms with Crippen molar-refractivity contribution in [1.82, 2.24) is 0 Å². The van der Waals surface area contributed by atoms with E-state index in [4.69, 9.17) is 18.8 Å². The predicted molar refractivity (Wildman–Crippen MR) is 255 cm³/mol. The van der Waals surface area contributed by atoms with Crippen molar-refractivity contribution in [1.29, 1.82) is 0 Å². The van der Waals surface area contributed by atoms with Gasteiger partial charge in [-0.25, -0.2) is 8.98 Å². The van der Waals surface area contributed by atoms with Crippen LogP contribution in [-0.4, -0.2) is 92.2 Å². The fraction of sp³-hybridized carbons (Fsp3) is 0.477. The second-order valence-electron chi connectivity index (χ2n) is 14.3. The van der Waals surface area contributed by atoms with Crippen molar-refractivity contribution in [3.05, 3.63) is 77.9 Å². The fourth-order valence-electron chi connectivity index (χ4n) is 4.88. The summed E-state index contributed by atoms with van der Waals surface area (Å²) in [6, 6.07) is 20.2. The van der Waals surface area contributed by atoms with Gasteiger partial charge < -0.3 is 30.2 Å². The Morgan fingerprint density at radius 3 is 1.26 bits per heavy atom. The zero-order valence-corrected chi connectivity index (χ0v) is 65.1. The monoisotopic (exact) mass is 1210 g/mol. The minimum absolute atomic E-state index is 0. The Morgan fingerprint density at radius 2 is 0.895 bits per heavy atom. The number of aryl methyl sites for hydroxylation is 2. The van der Waals surface area contributed by atoms with Crippen molar-refractivity contribution in [2.24, 2.45) is 0 Å². The predicted octanol–water partition coefficient (Wildman–Crippen LogP) is -15.8. The van der Waals surface area contributed by atoms with E-state index in [0.29, 0.717) is 11.8 Å². The molecule has 0 unspecified atom stereocenters. The van der Waals surface area contributed by atoms with E-state index in [1.807, 2.05) is 6.07 Å². The van der Waals surface area contributed by atoms with Crippen molar-refractivity contribution in [3.8, 4) is 0 Å². The Bertz CT molecular complexity index is 2440. The van der Waals surface area contributed by atoms with Gasteiger partial charge in [0.1, 0.15) is 4.90 Å². The Kier molecular flexibility index (Phi) is 78.3. The van der Waals surface area contributed by atoms with E-state index in [1.54, 1.807) is 30.3 Å². The van der Waals surface area contributed by atoms with E-state index in [9.17, 15) is 58.8 Å². The van der Waals surface area contributed by atoms with Gasteiger partial charge in [-0.15, -0.1) is 0 Å². The first-order valence-corrected chi connectivity index (χ1v) is 25.3. The molecule has 0 spiro atoms. The molecule has 21 nitrogen and oxygen atoms in total. The summed E-state index contributed by atoms with van der Waals surface area (Å²) in [7, 11) is -12.9. The molecule has 3 aromatic rings. The van der Waals surface area contributed by atoms with Crippen LogP contribution >= 0.6 is 0 Å². The number of hydrogen-bond acceptors (Lipinski definition) is 17. The number of aliphatic carboxylic acids is 1. The standard InChI is InChI=1S/C12H26O4S.C11H12O9.C10H8O3S.C8H10.C3H6O5S.8Na.8H/c1-2-3-4-5-6-7-8-9-10-11-12-16-17(13,14)15;1-6(12)11(18)20-10(17)5-4-9(16)19-8(15)3-2-7(13)14;11-14(12,13)10-7-3-5-8-4-1-2-6-9(8)10;1-7-5-3-4-6-8(7)2;1-2-3(4)8-9(5,6)7;;;;;;;;;;;;;;;;/h2-12H2,1H3,(H,13,14,15);2-5H2,1H3,(H,13,14);1-7H,(H,11,12,13);3-6H,1-2H3;2H2,1H3,(H,5,6,7);;;;;;;;;;;;;;;;/q;;;;;8*+1;8*-1. The molecule has 0 heterocycles. The van der Waals surface area contributed by atoms with E-state index in [0.717, 1.165) is 25.2 Å². The molecule has 0 fully saturated rings. The first-order chi connectivity index (χ1) is 31.6. The number of carbonyl (C=O) groups excluding carboxylic acids is 6. The largest absolute Gasteiger partial charge is 1.00 e. The summed E-state index contributed by atoms with van der Waals surface area (Å²) in [6.07, 6.45) is 9.71. The van der Waals surface area contributed by atoms with Crippen molar-refractivity contribution >= 4 is 83.3 Å². The van der Waals surface area contributed by atoms with E-state index in [-0.39, 0.29) is 266 Å². The summed E-state index contributed by atoms with van der Waals surface area (Å²) in [5.41, 5.74) is 2.74. The molecule has 0 saturated heterocycles. The van der Waals surface area contributed by atoms with Gasteiger partial charge >= 0.3 is 293 Å². The average Bonchev–Trinajstić information content (AvgIpc) is 3.24. The third-order valence-corrected chi connectivity index (χ3v) is 10.2. The number of Topliss-reactive ketones (excluding diaryl/α,β-unsaturated/α-hetero) is 1. The van der Waals surface area contributed by atoms with Crippen LogP contribution in [0.2, 0.25) is 0 Å². The Balaban J connectivity index is -0.0000000397. The summed E-state index contributed by atoms with van der Waals surface area (Å²) >= 11 is 0. The molecule has 4 N–H and O–H groups in total. The van der Waals surface area contributed by atoms with Crippen LogP contribution in [0.1, 0.15) is 140 Å². The molecule has 398 valence electrons. The SMILES string of the molecule is CC(=O)C(=O)OC(=O)CCC(=O)OC(=O)CCC(=O)O.CCC(=O)OS(=O)(=O)O.CCCCCCCCCCCCOS(=O)(=O)O.Cc1ccccc1C.O=S(=O)(O)c1cccc2ccccc12.[H-].[H-].[H-].[H-].[H-].[H-].[H-].[H-].[Na+].[Na+].[Na+].[Na+].[Na+].[Na+].[Na+].[Na+]. The van der Waals surface area contributed by atoms with Crippen molar-refractivity contribution in [2.45, 2.75) is 136 Å². The second-order valence-corrected chi connectivity index (χ2v) is 17.8. The number of fused-ring (bicyclic) bond motifs is 1. The fourth-order valence-corrected chi connectivity index (χ4v) is 6.28. The molecule has 3 aromatic carbocycles. The number of hydrogen-bond donors (Lipinski definition) is 4. The van der Waals surface area contributed by atoms with E-state index in [2.05, 4.69) is 62.9 Å². The molecule has 0 radical (unpaired) electrons. The third-order valence-electron chi connectivity index (χ3n) is 8.47. The quantitative estimate of drug-likeness (QED) is 0.0181. The molecular weight excluding hydrogens is 1140 g/mol. The van der Waals surface area contributed by atoms with E-state index in [1.165, 1.54) is 69.1 Å². The van der Waals surface area contributed by atoms with Gasteiger partial charge in [-0.2, -0.15) is 25.3 Å². The Labute approximate surface area is 636 Å². The van der Waals surface area contributed by atoms with Crippen LogP contribution in [0.5, 0.6) is 0 Å². The van der Waals surface area contributed by atoms with Gasteiger partial charge in [0.25, 0.3) is 10.1 Å². The summed E-state index contributed by atoms with van der Waals surface area (Å²) in [5, 5.41) is 9.62. The number of carboxylic acids is 1. The number of ether oxygens (including phenoxy) is 2. The van der Waals surface area contributed by atoms with Crippen LogP contribution in [0.15, 0.2) is 71.6 Å². The molecule has 32 heteroatoms. The maximum Gasteiger partial charge on any atom is 1.00 e. The maximum absolute atomic E-state index is 11.1. The van der Waals surface area contributed by atoms with Crippen LogP contribution in [0.4, 0.5) is 0 Å². The minimum atomic E-state index is -4.58. The Morgan fingerprint density at radius 1 is 0.500 bits per heavy atom. The van der Waals surface area contributed by atoms with Crippen LogP contribution in [0.25, 0.3) is 10.8 Å². The molecule has 0 atom stereocenters. The first-order valence-electron chi connectivity index (χ1n) is 21.1. The van der Waals surface area contributed by atoms with Gasteiger partial charge in [-0.05, 0) is 42.8 Å². The van der Waals surface area contributed by atoms with E-state index < -0.39 is 98.2 Å². The van der Waals surface area contributed by atoms with Crippen molar-refractivity contribution < 1.29 is 343 Å². The number of unbranched alkanes of at least 4 members (excludes halogenated alkanes) is 9. The van der Waals surface area contributed by atoms with Crippen LogP contribution in [0.3, 0.4) is 0 Å². The van der Waals surface area contributed by atoms with Gasteiger partial charge in [0.05, 0.1) is 32.3 Å². The number of rotatable bonds is 22. The number of benzene rings is 3. The zero-order chi connectivity index (χ0) is 52.3. The van der Waals surface area contributed by atoms with Crippen LogP contribution in [-0.2, 0) is 82.3 Å². The van der Waals surface area contributed by atoms with Gasteiger partial charge in [0.2, 0.25) is 5.78 Å². The third kappa shape index (κ3) is 62.5. The summed E-state index contributed by atoms with van der Waals surface area (Å²) in [6.45, 7) is 8.87. The maximum atomic E-state index is 11.1. The molecule has 0 saturated carbocycles. The first kappa shape index (κ1) is 100. The Hall–Kier alpha value is 2.50. The van der Waals surface area contributed by atoms with Crippen molar-refractivity contribution in [2.75, 3.05) is 6.61 Å². The number of ketones is 1. The summed E-state index contributed by atoms with van der Waals surface area (Å²) in [5.74, 6) is -7.72. The molecule has 0 aliphatic carbocycles. The van der Waals surface area contributed by atoms with Gasteiger partial charge in [0.15, 0.2) is 0 Å². The molecule has 0 bridgehead atoms. The van der Waals surface area contributed by atoms with Crippen molar-refractivity contribution in [3.63, 3.8) is 0 Å². The molecular formula is C44H70Na8O21S3. The average molecular weight is 1220 g/mol. The number of carbonyl (C=O) groups is 7. The zero-order valence-electron chi connectivity index (χ0n) is 54.6. The summed E-state index contributed by atoms with van der Waals surface area (Å²) < 4.78 is 103.